The Kier molecular flexibility index (Phi) is 11.5. The Morgan fingerprint density at radius 2 is 1.88 bits per heavy atom. The number of aliphatic imine (C=N–C) groups is 1. The van der Waals surface area contributed by atoms with E-state index in [9.17, 15) is 4.79 Å². The van der Waals surface area contributed by atoms with Crippen LogP contribution in [0.3, 0.4) is 0 Å². The number of nitrogens with one attached hydrogen (secondary N) is 2. The molecule has 0 aliphatic carbocycles. The van der Waals surface area contributed by atoms with Crippen molar-refractivity contribution in [2.75, 3.05) is 45.8 Å². The van der Waals surface area contributed by atoms with E-state index in [4.69, 9.17) is 4.99 Å². The largest absolute Gasteiger partial charge is 0.357 e. The Hall–Kier alpha value is -0.570. The molecule has 2 rings (SSSR count). The van der Waals surface area contributed by atoms with Gasteiger partial charge in [0.1, 0.15) is 0 Å². The predicted molar refractivity (Wildman–Crippen MR) is 119 cm³/mol. The number of guanidine groups is 1. The van der Waals surface area contributed by atoms with Gasteiger partial charge in [-0.15, -0.1) is 24.0 Å². The van der Waals surface area contributed by atoms with Crippen molar-refractivity contribution in [1.82, 2.24) is 20.4 Å². The van der Waals surface area contributed by atoms with Gasteiger partial charge >= 0.3 is 0 Å². The molecule has 0 spiro atoms. The summed E-state index contributed by atoms with van der Waals surface area (Å²) in [4.78, 5) is 21.1. The molecule has 26 heavy (non-hydrogen) atoms. The summed E-state index contributed by atoms with van der Waals surface area (Å²) in [5.41, 5.74) is 0. The topological polar surface area (TPSA) is 60.0 Å². The standard InChI is InChI=1S/C19H37N5O.HI/c1-4-18(25)24-14-9-17(15-24)22-19(20-5-2)21-10-6-11-23-12-7-16(3)8-13-23;/h16-17H,4-15H2,1-3H3,(H2,20,21,22);1H. The van der Waals surface area contributed by atoms with Gasteiger partial charge in [-0.3, -0.25) is 9.79 Å². The fourth-order valence-corrected chi connectivity index (χ4v) is 3.61. The van der Waals surface area contributed by atoms with Crippen LogP contribution in [0.4, 0.5) is 0 Å². The number of hydrogen-bond donors (Lipinski definition) is 2. The van der Waals surface area contributed by atoms with Crippen LogP contribution in [0.25, 0.3) is 0 Å². The molecule has 0 aromatic rings. The number of hydrogen-bond acceptors (Lipinski definition) is 3. The minimum absolute atomic E-state index is 0. The van der Waals surface area contributed by atoms with Crippen LogP contribution < -0.4 is 10.6 Å². The van der Waals surface area contributed by atoms with Crippen LogP contribution in [0.5, 0.6) is 0 Å². The summed E-state index contributed by atoms with van der Waals surface area (Å²) in [6.45, 7) is 13.4. The quantitative estimate of drug-likeness (QED) is 0.255. The van der Waals surface area contributed by atoms with Gasteiger partial charge in [0.2, 0.25) is 5.91 Å². The number of halogens is 1. The van der Waals surface area contributed by atoms with Gasteiger partial charge in [-0.2, -0.15) is 0 Å². The molecule has 2 aliphatic rings. The Morgan fingerprint density at radius 3 is 2.54 bits per heavy atom. The summed E-state index contributed by atoms with van der Waals surface area (Å²) in [6.07, 6.45) is 5.37. The molecule has 152 valence electrons. The zero-order valence-electron chi connectivity index (χ0n) is 16.8. The predicted octanol–water partition coefficient (Wildman–Crippen LogP) is 2.29. The first kappa shape index (κ1) is 23.5. The molecule has 2 heterocycles. The second-order valence-electron chi connectivity index (χ2n) is 7.46. The van der Waals surface area contributed by atoms with Crippen LogP contribution in [0.15, 0.2) is 4.99 Å². The number of amides is 1. The fraction of sp³-hybridized carbons (Fsp3) is 0.895. The zero-order valence-corrected chi connectivity index (χ0v) is 19.1. The van der Waals surface area contributed by atoms with E-state index in [0.717, 1.165) is 57.4 Å². The van der Waals surface area contributed by atoms with E-state index in [1.165, 1.54) is 25.9 Å². The monoisotopic (exact) mass is 479 g/mol. The van der Waals surface area contributed by atoms with E-state index in [0.29, 0.717) is 12.5 Å². The lowest BCUT2D eigenvalue weighted by molar-refractivity contribution is -0.129. The molecular formula is C19H38IN5O. The number of likely N-dealkylation sites (tertiary alicyclic amines) is 2. The molecule has 0 bridgehead atoms. The molecular weight excluding hydrogens is 441 g/mol. The Morgan fingerprint density at radius 1 is 1.15 bits per heavy atom. The average Bonchev–Trinajstić information content (AvgIpc) is 3.08. The lowest BCUT2D eigenvalue weighted by Gasteiger charge is -2.29. The molecule has 2 saturated heterocycles. The summed E-state index contributed by atoms with van der Waals surface area (Å²) >= 11 is 0. The molecule has 1 amide bonds. The summed E-state index contributed by atoms with van der Waals surface area (Å²) in [5, 5.41) is 6.84. The van der Waals surface area contributed by atoms with Gasteiger partial charge in [0, 0.05) is 38.6 Å². The van der Waals surface area contributed by atoms with Crippen LogP contribution in [-0.4, -0.2) is 73.5 Å². The average molecular weight is 479 g/mol. The maximum Gasteiger partial charge on any atom is 0.222 e. The summed E-state index contributed by atoms with van der Waals surface area (Å²) in [7, 11) is 0. The molecule has 1 unspecified atom stereocenters. The van der Waals surface area contributed by atoms with Crippen molar-refractivity contribution in [3.8, 4) is 0 Å². The van der Waals surface area contributed by atoms with Gasteiger partial charge in [0.25, 0.3) is 0 Å². The molecule has 0 aromatic heterocycles. The number of carbonyl (C=O) groups excluding carboxylic acids is 1. The van der Waals surface area contributed by atoms with E-state index in [2.05, 4.69) is 29.4 Å². The van der Waals surface area contributed by atoms with Gasteiger partial charge in [-0.25, -0.2) is 0 Å². The van der Waals surface area contributed by atoms with Gasteiger partial charge in [-0.1, -0.05) is 13.8 Å². The Labute approximate surface area is 176 Å². The van der Waals surface area contributed by atoms with Crippen LogP contribution >= 0.6 is 24.0 Å². The van der Waals surface area contributed by atoms with Crippen molar-refractivity contribution in [2.24, 2.45) is 10.9 Å². The molecule has 2 N–H and O–H groups in total. The van der Waals surface area contributed by atoms with Crippen molar-refractivity contribution >= 4 is 35.8 Å². The molecule has 0 radical (unpaired) electrons. The SMILES string of the molecule is CCNC(=NCCCN1CCC(C)CC1)NC1CCN(C(=O)CC)C1.I. The van der Waals surface area contributed by atoms with Crippen molar-refractivity contribution in [1.29, 1.82) is 0 Å². The lowest BCUT2D eigenvalue weighted by atomic mass is 9.99. The minimum atomic E-state index is 0. The first-order valence-corrected chi connectivity index (χ1v) is 10.2. The van der Waals surface area contributed by atoms with Gasteiger partial charge in [0.15, 0.2) is 5.96 Å². The maximum absolute atomic E-state index is 11.8. The van der Waals surface area contributed by atoms with E-state index in [-0.39, 0.29) is 29.9 Å². The molecule has 1 atom stereocenters. The smallest absolute Gasteiger partial charge is 0.222 e. The minimum Gasteiger partial charge on any atom is -0.357 e. The van der Waals surface area contributed by atoms with Gasteiger partial charge in [0.05, 0.1) is 0 Å². The number of rotatable bonds is 7. The van der Waals surface area contributed by atoms with Crippen LogP contribution in [0.2, 0.25) is 0 Å². The van der Waals surface area contributed by atoms with E-state index >= 15 is 0 Å². The Balaban J connectivity index is 0.00000338. The first-order valence-electron chi connectivity index (χ1n) is 10.2. The second-order valence-corrected chi connectivity index (χ2v) is 7.46. The number of carbonyl (C=O) groups is 1. The highest BCUT2D eigenvalue weighted by molar-refractivity contribution is 14.0. The summed E-state index contributed by atoms with van der Waals surface area (Å²) in [6, 6.07) is 0.317. The number of piperidine rings is 1. The molecule has 7 heteroatoms. The molecule has 0 saturated carbocycles. The van der Waals surface area contributed by atoms with Gasteiger partial charge < -0.3 is 20.4 Å². The highest BCUT2D eigenvalue weighted by Crippen LogP contribution is 2.15. The van der Waals surface area contributed by atoms with Crippen LogP contribution in [-0.2, 0) is 4.79 Å². The van der Waals surface area contributed by atoms with Crippen molar-refractivity contribution in [3.05, 3.63) is 0 Å². The van der Waals surface area contributed by atoms with E-state index in [1.807, 2.05) is 11.8 Å². The number of nitrogens with zero attached hydrogens (tertiary/aromatic N) is 3. The summed E-state index contributed by atoms with van der Waals surface area (Å²) < 4.78 is 0. The molecule has 2 aliphatic heterocycles. The third-order valence-corrected chi connectivity index (χ3v) is 5.31. The third kappa shape index (κ3) is 7.98. The van der Waals surface area contributed by atoms with Gasteiger partial charge in [-0.05, 0) is 58.2 Å². The van der Waals surface area contributed by atoms with E-state index in [1.54, 1.807) is 0 Å². The van der Waals surface area contributed by atoms with Crippen molar-refractivity contribution in [3.63, 3.8) is 0 Å². The molecule has 6 nitrogen and oxygen atoms in total. The zero-order chi connectivity index (χ0) is 18.1. The molecule has 0 aromatic carbocycles. The van der Waals surface area contributed by atoms with Crippen molar-refractivity contribution < 1.29 is 4.79 Å². The Bertz CT molecular complexity index is 438. The molecule has 2 fully saturated rings. The normalized spacial score (nSPS) is 22.2. The highest BCUT2D eigenvalue weighted by Gasteiger charge is 2.25. The van der Waals surface area contributed by atoms with Crippen LogP contribution in [0.1, 0.15) is 52.9 Å². The fourth-order valence-electron chi connectivity index (χ4n) is 3.61. The summed E-state index contributed by atoms with van der Waals surface area (Å²) in [5.74, 6) is 2.04. The van der Waals surface area contributed by atoms with E-state index < -0.39 is 0 Å². The first-order chi connectivity index (χ1) is 12.1. The third-order valence-electron chi connectivity index (χ3n) is 5.31. The second kappa shape index (κ2) is 12.8. The van der Waals surface area contributed by atoms with Crippen LogP contribution in [0, 0.1) is 5.92 Å². The maximum atomic E-state index is 11.8. The lowest BCUT2D eigenvalue weighted by Crippen LogP contribution is -2.45. The highest BCUT2D eigenvalue weighted by atomic mass is 127. The van der Waals surface area contributed by atoms with Crippen molar-refractivity contribution in [2.45, 2.75) is 58.9 Å².